The molecule has 3 N–H and O–H groups in total. The fourth-order valence-electron chi connectivity index (χ4n) is 0.992. The molecule has 0 aliphatic heterocycles. The fraction of sp³-hybridized carbons (Fsp3) is 0.875. The van der Waals surface area contributed by atoms with Crippen LogP contribution in [-0.2, 0) is 9.53 Å². The van der Waals surface area contributed by atoms with E-state index in [1.54, 1.807) is 7.11 Å². The number of carboxylic acid groups (broad SMARTS) is 1. The van der Waals surface area contributed by atoms with Crippen LogP contribution in [0.2, 0.25) is 0 Å². The molecule has 4 heteroatoms. The van der Waals surface area contributed by atoms with E-state index in [0.29, 0.717) is 12.3 Å². The van der Waals surface area contributed by atoms with Crippen LogP contribution in [0.1, 0.15) is 20.3 Å². The smallest absolute Gasteiger partial charge is 0.320 e. The third kappa shape index (κ3) is 3.69. The summed E-state index contributed by atoms with van der Waals surface area (Å²) in [7, 11) is 1.57. The second-order valence-corrected chi connectivity index (χ2v) is 3.20. The van der Waals surface area contributed by atoms with Gasteiger partial charge >= 0.3 is 5.97 Å². The summed E-state index contributed by atoms with van der Waals surface area (Å²) >= 11 is 0. The maximum atomic E-state index is 10.4. The number of ether oxygens (including phenoxy) is 1. The van der Waals surface area contributed by atoms with E-state index >= 15 is 0 Å². The molecule has 4 nitrogen and oxygen atoms in total. The molecule has 0 heterocycles. The van der Waals surface area contributed by atoms with Crippen molar-refractivity contribution < 1.29 is 14.6 Å². The first-order valence-corrected chi connectivity index (χ1v) is 4.00. The molecule has 0 aromatic heterocycles. The second-order valence-electron chi connectivity index (χ2n) is 3.20. The van der Waals surface area contributed by atoms with Crippen molar-refractivity contribution in [2.45, 2.75) is 32.4 Å². The largest absolute Gasteiger partial charge is 0.480 e. The van der Waals surface area contributed by atoms with E-state index in [-0.39, 0.29) is 6.10 Å². The minimum Gasteiger partial charge on any atom is -0.480 e. The van der Waals surface area contributed by atoms with Crippen LogP contribution in [0.5, 0.6) is 0 Å². The molecule has 0 amide bonds. The maximum Gasteiger partial charge on any atom is 0.320 e. The second kappa shape index (κ2) is 5.11. The maximum absolute atomic E-state index is 10.4. The molecule has 0 bridgehead atoms. The van der Waals surface area contributed by atoms with Gasteiger partial charge in [-0.3, -0.25) is 4.79 Å². The Bertz CT molecular complexity index is 147. The average Bonchev–Trinajstić information content (AvgIpc) is 1.98. The Balaban J connectivity index is 3.93. The monoisotopic (exact) mass is 175 g/mol. The van der Waals surface area contributed by atoms with Crippen molar-refractivity contribution in [1.29, 1.82) is 0 Å². The molecule has 0 aliphatic carbocycles. The van der Waals surface area contributed by atoms with E-state index in [4.69, 9.17) is 15.6 Å². The van der Waals surface area contributed by atoms with Gasteiger partial charge in [-0.1, -0.05) is 13.8 Å². The van der Waals surface area contributed by atoms with Gasteiger partial charge in [0.2, 0.25) is 0 Å². The molecule has 1 unspecified atom stereocenters. The minimum absolute atomic E-state index is 0.0731. The van der Waals surface area contributed by atoms with Gasteiger partial charge in [0.05, 0.1) is 6.10 Å². The van der Waals surface area contributed by atoms with Crippen molar-refractivity contribution in [2.75, 3.05) is 7.11 Å². The number of hydrogen-bond acceptors (Lipinski definition) is 3. The molecule has 72 valence electrons. The van der Waals surface area contributed by atoms with E-state index in [1.165, 1.54) is 0 Å². The summed E-state index contributed by atoms with van der Waals surface area (Å²) in [5, 5.41) is 8.53. The Morgan fingerprint density at radius 3 is 2.33 bits per heavy atom. The van der Waals surface area contributed by atoms with Crippen molar-refractivity contribution in [3.63, 3.8) is 0 Å². The van der Waals surface area contributed by atoms with Crippen molar-refractivity contribution in [3.8, 4) is 0 Å². The fourth-order valence-corrected chi connectivity index (χ4v) is 0.992. The molecule has 0 saturated carbocycles. The number of aliphatic carboxylic acids is 1. The van der Waals surface area contributed by atoms with E-state index < -0.39 is 12.0 Å². The molecule has 0 aliphatic rings. The van der Waals surface area contributed by atoms with Crippen molar-refractivity contribution in [1.82, 2.24) is 0 Å². The van der Waals surface area contributed by atoms with Gasteiger partial charge in [0, 0.05) is 7.11 Å². The van der Waals surface area contributed by atoms with Gasteiger partial charge in [-0.25, -0.2) is 0 Å². The Morgan fingerprint density at radius 2 is 2.08 bits per heavy atom. The van der Waals surface area contributed by atoms with Crippen LogP contribution in [0, 0.1) is 5.92 Å². The Kier molecular flexibility index (Phi) is 4.85. The third-order valence-electron chi connectivity index (χ3n) is 1.85. The summed E-state index contributed by atoms with van der Waals surface area (Å²) in [4.78, 5) is 10.4. The molecule has 0 rings (SSSR count). The normalized spacial score (nSPS) is 16.1. The van der Waals surface area contributed by atoms with E-state index in [9.17, 15) is 4.79 Å². The van der Waals surface area contributed by atoms with Gasteiger partial charge in [-0.15, -0.1) is 0 Å². The van der Waals surface area contributed by atoms with Crippen LogP contribution in [0.3, 0.4) is 0 Å². The molecular formula is C8H17NO3. The number of carbonyl (C=O) groups is 1. The highest BCUT2D eigenvalue weighted by Gasteiger charge is 2.20. The number of methoxy groups -OCH3 is 1. The van der Waals surface area contributed by atoms with Crippen molar-refractivity contribution in [3.05, 3.63) is 0 Å². The lowest BCUT2D eigenvalue weighted by Gasteiger charge is -2.20. The van der Waals surface area contributed by atoms with Crippen LogP contribution >= 0.6 is 0 Å². The van der Waals surface area contributed by atoms with Gasteiger partial charge in [-0.2, -0.15) is 0 Å². The number of hydrogen-bond donors (Lipinski definition) is 2. The summed E-state index contributed by atoms with van der Waals surface area (Å²) in [5.41, 5.74) is 5.35. The number of carboxylic acids is 1. The minimum atomic E-state index is -0.974. The molecule has 0 fully saturated rings. The van der Waals surface area contributed by atoms with Gasteiger partial charge in [-0.05, 0) is 12.3 Å². The molecule has 0 aromatic rings. The highest BCUT2D eigenvalue weighted by Crippen LogP contribution is 2.11. The number of rotatable bonds is 5. The highest BCUT2D eigenvalue weighted by atomic mass is 16.5. The first-order chi connectivity index (χ1) is 5.49. The van der Waals surface area contributed by atoms with Crippen LogP contribution in [0.15, 0.2) is 0 Å². The lowest BCUT2D eigenvalue weighted by molar-refractivity contribution is -0.139. The van der Waals surface area contributed by atoms with Gasteiger partial charge in [0.1, 0.15) is 6.04 Å². The summed E-state index contributed by atoms with van der Waals surface area (Å²) in [6, 6.07) is -0.822. The Morgan fingerprint density at radius 1 is 1.58 bits per heavy atom. The predicted octanol–water partition coefficient (Wildman–Crippen LogP) is 0.459. The average molecular weight is 175 g/mol. The summed E-state index contributed by atoms with van der Waals surface area (Å²) < 4.78 is 5.09. The quantitative estimate of drug-likeness (QED) is 0.636. The molecular weight excluding hydrogens is 158 g/mol. The molecule has 0 saturated heterocycles. The van der Waals surface area contributed by atoms with Crippen LogP contribution in [0.4, 0.5) is 0 Å². The van der Waals surface area contributed by atoms with Crippen LogP contribution < -0.4 is 5.73 Å². The first kappa shape index (κ1) is 11.4. The standard InChI is InChI=1S/C8H17NO3/c1-5(2)7(12-3)4-6(9)8(10)11/h5-7H,4,9H2,1-3H3,(H,10,11)/t6-,7?/m1/s1. The van der Waals surface area contributed by atoms with Gasteiger partial charge in [0.15, 0.2) is 0 Å². The topological polar surface area (TPSA) is 72.5 Å². The first-order valence-electron chi connectivity index (χ1n) is 4.00. The lowest BCUT2D eigenvalue weighted by Crippen LogP contribution is -2.36. The van der Waals surface area contributed by atoms with Gasteiger partial charge in [0.25, 0.3) is 0 Å². The van der Waals surface area contributed by atoms with Crippen LogP contribution in [-0.4, -0.2) is 30.3 Å². The molecule has 12 heavy (non-hydrogen) atoms. The van der Waals surface area contributed by atoms with E-state index in [1.807, 2.05) is 13.8 Å². The molecule has 2 atom stereocenters. The Labute approximate surface area is 72.7 Å². The SMILES string of the molecule is COC(C[C@@H](N)C(=O)O)C(C)C. The summed E-state index contributed by atoms with van der Waals surface area (Å²) in [6.07, 6.45) is 0.292. The molecule has 0 spiro atoms. The summed E-state index contributed by atoms with van der Waals surface area (Å²) in [6.45, 7) is 3.95. The van der Waals surface area contributed by atoms with Crippen LogP contribution in [0.25, 0.3) is 0 Å². The predicted molar refractivity (Wildman–Crippen MR) is 45.9 cm³/mol. The molecule has 0 aromatic carbocycles. The summed E-state index contributed by atoms with van der Waals surface area (Å²) in [5.74, 6) is -0.682. The van der Waals surface area contributed by atoms with Crippen molar-refractivity contribution in [2.24, 2.45) is 11.7 Å². The third-order valence-corrected chi connectivity index (χ3v) is 1.85. The van der Waals surface area contributed by atoms with E-state index in [0.717, 1.165) is 0 Å². The molecule has 0 radical (unpaired) electrons. The lowest BCUT2D eigenvalue weighted by atomic mass is 10.00. The zero-order chi connectivity index (χ0) is 9.72. The zero-order valence-electron chi connectivity index (χ0n) is 7.78. The zero-order valence-corrected chi connectivity index (χ0v) is 7.78. The highest BCUT2D eigenvalue weighted by molar-refractivity contribution is 5.73. The van der Waals surface area contributed by atoms with Crippen molar-refractivity contribution >= 4 is 5.97 Å². The Hall–Kier alpha value is -0.610. The van der Waals surface area contributed by atoms with E-state index in [2.05, 4.69) is 0 Å². The number of nitrogens with two attached hydrogens (primary N) is 1. The van der Waals surface area contributed by atoms with Gasteiger partial charge < -0.3 is 15.6 Å².